The number of methoxy groups -OCH3 is 2. The van der Waals surface area contributed by atoms with Gasteiger partial charge in [-0.3, -0.25) is 4.79 Å². The molecule has 1 aromatic carbocycles. The fourth-order valence-corrected chi connectivity index (χ4v) is 3.07. The van der Waals surface area contributed by atoms with Crippen molar-refractivity contribution in [2.75, 3.05) is 26.1 Å². The molecule has 0 amide bonds. The number of benzene rings is 1. The maximum absolute atomic E-state index is 11.4. The molecule has 0 saturated heterocycles. The fourth-order valence-electron chi connectivity index (χ4n) is 3.07. The van der Waals surface area contributed by atoms with Gasteiger partial charge in [0, 0.05) is 31.5 Å². The van der Waals surface area contributed by atoms with Gasteiger partial charge >= 0.3 is 11.9 Å². The smallest absolute Gasteiger partial charge is 0.337 e. The van der Waals surface area contributed by atoms with Gasteiger partial charge in [-0.2, -0.15) is 0 Å². The third-order valence-electron chi connectivity index (χ3n) is 4.90. The zero-order valence-corrected chi connectivity index (χ0v) is 18.6. The van der Waals surface area contributed by atoms with Crippen molar-refractivity contribution in [3.63, 3.8) is 0 Å². The van der Waals surface area contributed by atoms with Crippen molar-refractivity contribution in [2.45, 2.75) is 77.0 Å². The molecular weight excluding hydrogens is 378 g/mol. The van der Waals surface area contributed by atoms with Crippen LogP contribution in [0.4, 0.5) is 5.69 Å². The number of anilines is 1. The first kappa shape index (κ1) is 25.6. The summed E-state index contributed by atoms with van der Waals surface area (Å²) in [7, 11) is 2.83. The number of rotatable bonds is 15. The molecule has 30 heavy (non-hydrogen) atoms. The number of nitrogens with one attached hydrogen (secondary N) is 1. The van der Waals surface area contributed by atoms with E-state index in [9.17, 15) is 9.59 Å². The van der Waals surface area contributed by atoms with Crippen molar-refractivity contribution in [1.29, 1.82) is 0 Å². The third-order valence-corrected chi connectivity index (χ3v) is 4.90. The van der Waals surface area contributed by atoms with Crippen molar-refractivity contribution < 1.29 is 19.1 Å². The van der Waals surface area contributed by atoms with E-state index in [1.165, 1.54) is 52.7 Å². The Morgan fingerprint density at radius 2 is 1.33 bits per heavy atom. The minimum Gasteiger partial charge on any atom is -0.469 e. The molecule has 5 nitrogen and oxygen atoms in total. The second-order valence-electron chi connectivity index (χ2n) is 7.36. The Bertz CT molecular complexity index is 658. The molecule has 0 saturated carbocycles. The van der Waals surface area contributed by atoms with Crippen molar-refractivity contribution >= 4 is 17.6 Å². The molecule has 1 aromatic rings. The molecule has 166 valence electrons. The predicted molar refractivity (Wildman–Crippen MR) is 121 cm³/mol. The Kier molecular flexibility index (Phi) is 14.8. The summed E-state index contributed by atoms with van der Waals surface area (Å²) >= 11 is 0. The van der Waals surface area contributed by atoms with Crippen LogP contribution in [0.25, 0.3) is 0 Å². The molecule has 0 aromatic heterocycles. The molecule has 0 fully saturated rings. The Morgan fingerprint density at radius 1 is 0.767 bits per heavy atom. The van der Waals surface area contributed by atoms with E-state index in [1.807, 2.05) is 12.1 Å². The highest BCUT2D eigenvalue weighted by Crippen LogP contribution is 2.11. The summed E-state index contributed by atoms with van der Waals surface area (Å²) < 4.78 is 9.32. The van der Waals surface area contributed by atoms with Crippen molar-refractivity contribution in [1.82, 2.24) is 0 Å². The topological polar surface area (TPSA) is 64.6 Å². The van der Waals surface area contributed by atoms with Gasteiger partial charge < -0.3 is 14.8 Å². The molecule has 5 heteroatoms. The molecule has 0 radical (unpaired) electrons. The number of hydrogen-bond donors (Lipinski definition) is 1. The molecule has 0 aliphatic carbocycles. The van der Waals surface area contributed by atoms with Gasteiger partial charge in [0.05, 0.1) is 19.8 Å². The largest absolute Gasteiger partial charge is 0.469 e. The Balaban J connectivity index is 1.90. The number of carbonyl (C=O) groups excluding carboxylic acids is 2. The van der Waals surface area contributed by atoms with Crippen LogP contribution < -0.4 is 5.32 Å². The first-order chi connectivity index (χ1) is 14.7. The highest BCUT2D eigenvalue weighted by atomic mass is 16.5. The molecule has 0 aliphatic heterocycles. The Labute approximate surface area is 181 Å². The van der Waals surface area contributed by atoms with Crippen molar-refractivity contribution in [3.05, 3.63) is 29.8 Å². The van der Waals surface area contributed by atoms with Gasteiger partial charge in [-0.15, -0.1) is 11.8 Å². The molecule has 0 aliphatic rings. The lowest BCUT2D eigenvalue weighted by Crippen LogP contribution is -2.03. The lowest BCUT2D eigenvalue weighted by Gasteiger charge is -2.05. The van der Waals surface area contributed by atoms with Gasteiger partial charge in [-0.05, 0) is 43.5 Å². The summed E-state index contributed by atoms with van der Waals surface area (Å²) in [5.41, 5.74) is 1.56. The lowest BCUT2D eigenvalue weighted by atomic mass is 10.1. The summed E-state index contributed by atoms with van der Waals surface area (Å²) in [6.07, 6.45) is 13.0. The van der Waals surface area contributed by atoms with Crippen molar-refractivity contribution in [3.8, 4) is 11.8 Å². The SMILES string of the molecule is COC(=O)CCCCCCCCCCC#CCCCNc1ccc(C(=O)OC)cc1. The van der Waals surface area contributed by atoms with E-state index in [-0.39, 0.29) is 11.9 Å². The number of unbranched alkanes of at least 4 members (excludes halogenated alkanes) is 9. The quantitative estimate of drug-likeness (QED) is 0.225. The van der Waals surface area contributed by atoms with E-state index in [0.29, 0.717) is 12.0 Å². The molecule has 1 N–H and O–H groups in total. The summed E-state index contributed by atoms with van der Waals surface area (Å²) in [6, 6.07) is 7.30. The zero-order chi connectivity index (χ0) is 21.9. The predicted octanol–water partition coefficient (Wildman–Crippen LogP) is 5.74. The van der Waals surface area contributed by atoms with Crippen LogP contribution in [0.15, 0.2) is 24.3 Å². The first-order valence-corrected chi connectivity index (χ1v) is 11.1. The van der Waals surface area contributed by atoms with Crippen LogP contribution in [0.2, 0.25) is 0 Å². The van der Waals surface area contributed by atoms with Gasteiger partial charge in [-0.25, -0.2) is 4.79 Å². The minimum absolute atomic E-state index is 0.0980. The van der Waals surface area contributed by atoms with E-state index < -0.39 is 0 Å². The molecule has 0 unspecified atom stereocenters. The van der Waals surface area contributed by atoms with Crippen LogP contribution in [0.5, 0.6) is 0 Å². The van der Waals surface area contributed by atoms with E-state index in [0.717, 1.165) is 44.3 Å². The molecule has 0 bridgehead atoms. The summed E-state index contributed by atoms with van der Waals surface area (Å²) in [6.45, 7) is 0.867. The maximum atomic E-state index is 11.4. The van der Waals surface area contributed by atoms with Crippen LogP contribution in [-0.4, -0.2) is 32.7 Å². The standard InChI is InChI=1S/C25H37NO4/c1-29-24(27)16-14-12-10-8-6-4-3-5-7-9-11-13-15-21-26-23-19-17-22(18-20-23)25(28)30-2/h17-20,26H,3-8,10,12-16,21H2,1-2H3. The van der Waals surface area contributed by atoms with Crippen LogP contribution in [0, 0.1) is 11.8 Å². The highest BCUT2D eigenvalue weighted by molar-refractivity contribution is 5.89. The summed E-state index contributed by atoms with van der Waals surface area (Å²) in [5.74, 6) is 6.11. The molecule has 0 spiro atoms. The van der Waals surface area contributed by atoms with E-state index in [2.05, 4.69) is 26.6 Å². The highest BCUT2D eigenvalue weighted by Gasteiger charge is 2.03. The lowest BCUT2D eigenvalue weighted by molar-refractivity contribution is -0.140. The number of hydrogen-bond acceptors (Lipinski definition) is 5. The van der Waals surface area contributed by atoms with Gasteiger partial charge in [0.15, 0.2) is 0 Å². The van der Waals surface area contributed by atoms with Crippen LogP contribution in [-0.2, 0) is 14.3 Å². The zero-order valence-electron chi connectivity index (χ0n) is 18.6. The summed E-state index contributed by atoms with van der Waals surface area (Å²) in [4.78, 5) is 22.4. The first-order valence-electron chi connectivity index (χ1n) is 11.1. The third kappa shape index (κ3) is 12.9. The van der Waals surface area contributed by atoms with Crippen LogP contribution in [0.1, 0.15) is 87.4 Å². The average molecular weight is 416 g/mol. The minimum atomic E-state index is -0.315. The normalized spacial score (nSPS) is 10.1. The maximum Gasteiger partial charge on any atom is 0.337 e. The van der Waals surface area contributed by atoms with Gasteiger partial charge in [0.25, 0.3) is 0 Å². The molecule has 0 heterocycles. The monoisotopic (exact) mass is 415 g/mol. The van der Waals surface area contributed by atoms with Crippen LogP contribution >= 0.6 is 0 Å². The second kappa shape index (κ2) is 17.4. The average Bonchev–Trinajstić information content (AvgIpc) is 2.78. The fraction of sp³-hybridized carbons (Fsp3) is 0.600. The van der Waals surface area contributed by atoms with Gasteiger partial charge in [0.1, 0.15) is 0 Å². The molecule has 0 atom stereocenters. The van der Waals surface area contributed by atoms with Crippen molar-refractivity contribution in [2.24, 2.45) is 0 Å². The number of ether oxygens (including phenoxy) is 2. The second-order valence-corrected chi connectivity index (χ2v) is 7.36. The Morgan fingerprint density at radius 3 is 1.93 bits per heavy atom. The summed E-state index contributed by atoms with van der Waals surface area (Å²) in [5, 5.41) is 3.34. The van der Waals surface area contributed by atoms with E-state index in [4.69, 9.17) is 0 Å². The van der Waals surface area contributed by atoms with Gasteiger partial charge in [-0.1, -0.05) is 38.5 Å². The van der Waals surface area contributed by atoms with E-state index in [1.54, 1.807) is 12.1 Å². The van der Waals surface area contributed by atoms with Gasteiger partial charge in [0.2, 0.25) is 0 Å². The molecule has 1 rings (SSSR count). The number of carbonyl (C=O) groups is 2. The Hall–Kier alpha value is -2.48. The van der Waals surface area contributed by atoms with E-state index >= 15 is 0 Å². The van der Waals surface area contributed by atoms with Crippen LogP contribution in [0.3, 0.4) is 0 Å². The number of esters is 2. The molecular formula is C25H37NO4.